The molecule has 15 heavy (non-hydrogen) atoms. The van der Waals surface area contributed by atoms with Crippen LogP contribution in [-0.2, 0) is 0 Å². The van der Waals surface area contributed by atoms with E-state index in [0.717, 1.165) is 12.1 Å². The summed E-state index contributed by atoms with van der Waals surface area (Å²) in [7, 11) is 0. The van der Waals surface area contributed by atoms with Crippen LogP contribution in [0.1, 0.15) is 15.9 Å². The number of carbonyl (C=O) groups is 1. The summed E-state index contributed by atoms with van der Waals surface area (Å²) in [4.78, 5) is 20.3. The first kappa shape index (κ1) is 10.5. The van der Waals surface area contributed by atoms with E-state index in [1.54, 1.807) is 6.07 Å². The number of nitrogens with zero attached hydrogens (tertiary/aromatic N) is 2. The fourth-order valence-electron chi connectivity index (χ4n) is 1.09. The summed E-state index contributed by atoms with van der Waals surface area (Å²) in [5.41, 5.74) is 3.67. The number of nitriles is 1. The van der Waals surface area contributed by atoms with Crippen molar-refractivity contribution in [3.05, 3.63) is 33.4 Å². The third-order valence-electron chi connectivity index (χ3n) is 1.69. The van der Waals surface area contributed by atoms with E-state index in [4.69, 9.17) is 16.1 Å². The van der Waals surface area contributed by atoms with Crippen LogP contribution in [0.4, 0.5) is 11.4 Å². The molecule has 0 aliphatic rings. The number of nitrogen functional groups attached to an aromatic ring is 1. The van der Waals surface area contributed by atoms with Crippen LogP contribution < -0.4 is 5.73 Å². The lowest BCUT2D eigenvalue weighted by atomic mass is 10.1. The number of benzene rings is 1. The molecule has 7 nitrogen and oxygen atoms in total. The number of anilines is 1. The van der Waals surface area contributed by atoms with Gasteiger partial charge in [-0.3, -0.25) is 10.1 Å². The van der Waals surface area contributed by atoms with Crippen molar-refractivity contribution < 1.29 is 14.8 Å². The Morgan fingerprint density at radius 3 is 2.60 bits per heavy atom. The van der Waals surface area contributed by atoms with Crippen molar-refractivity contribution in [2.24, 2.45) is 0 Å². The first-order valence-electron chi connectivity index (χ1n) is 3.68. The molecule has 0 aromatic heterocycles. The van der Waals surface area contributed by atoms with E-state index in [0.29, 0.717) is 0 Å². The van der Waals surface area contributed by atoms with Gasteiger partial charge in [0.2, 0.25) is 0 Å². The molecule has 1 aromatic rings. The minimum Gasteiger partial charge on any atom is -0.477 e. The topological polar surface area (TPSA) is 130 Å². The lowest BCUT2D eigenvalue weighted by Gasteiger charge is -2.02. The normalized spacial score (nSPS) is 9.27. The maximum Gasteiger partial charge on any atom is 0.344 e. The van der Waals surface area contributed by atoms with Crippen molar-refractivity contribution in [2.75, 3.05) is 5.73 Å². The summed E-state index contributed by atoms with van der Waals surface area (Å²) in [6.45, 7) is 0. The number of hydrogen-bond donors (Lipinski definition) is 2. The highest BCUT2D eigenvalue weighted by Crippen LogP contribution is 2.26. The zero-order chi connectivity index (χ0) is 11.6. The van der Waals surface area contributed by atoms with Crippen LogP contribution in [0, 0.1) is 21.4 Å². The number of nitro benzene ring substituents is 1. The third-order valence-corrected chi connectivity index (χ3v) is 1.69. The van der Waals surface area contributed by atoms with Crippen molar-refractivity contribution in [1.29, 1.82) is 5.26 Å². The van der Waals surface area contributed by atoms with Gasteiger partial charge in [-0.05, 0) is 6.07 Å². The lowest BCUT2D eigenvalue weighted by Crippen LogP contribution is -2.07. The largest absolute Gasteiger partial charge is 0.477 e. The Morgan fingerprint density at radius 2 is 2.20 bits per heavy atom. The molecule has 0 amide bonds. The van der Waals surface area contributed by atoms with E-state index in [1.807, 2.05) is 0 Å². The fourth-order valence-corrected chi connectivity index (χ4v) is 1.09. The van der Waals surface area contributed by atoms with E-state index in [1.165, 1.54) is 0 Å². The van der Waals surface area contributed by atoms with Crippen LogP contribution in [0.3, 0.4) is 0 Å². The number of nitro groups is 1. The van der Waals surface area contributed by atoms with E-state index >= 15 is 0 Å². The third kappa shape index (κ3) is 1.83. The maximum absolute atomic E-state index is 10.7. The number of hydrogen-bond acceptors (Lipinski definition) is 5. The number of carboxylic acids is 1. The van der Waals surface area contributed by atoms with E-state index in [9.17, 15) is 14.9 Å². The molecule has 0 saturated heterocycles. The molecule has 0 radical (unpaired) electrons. The first-order valence-corrected chi connectivity index (χ1v) is 3.68. The van der Waals surface area contributed by atoms with Gasteiger partial charge in [-0.25, -0.2) is 4.79 Å². The maximum atomic E-state index is 10.7. The molecule has 1 aromatic carbocycles. The minimum atomic E-state index is -1.50. The van der Waals surface area contributed by atoms with Crippen molar-refractivity contribution >= 4 is 17.3 Å². The van der Waals surface area contributed by atoms with Crippen LogP contribution in [-0.4, -0.2) is 16.0 Å². The molecule has 0 saturated carbocycles. The fraction of sp³-hybridized carbons (Fsp3) is 0. The molecule has 0 fully saturated rings. The second-order valence-electron chi connectivity index (χ2n) is 2.63. The van der Waals surface area contributed by atoms with Gasteiger partial charge in [-0.15, -0.1) is 0 Å². The van der Waals surface area contributed by atoms with E-state index in [-0.39, 0.29) is 11.3 Å². The molecule has 1 rings (SSSR count). The predicted molar refractivity (Wildman–Crippen MR) is 49.2 cm³/mol. The summed E-state index contributed by atoms with van der Waals surface area (Å²) < 4.78 is 0. The van der Waals surface area contributed by atoms with Gasteiger partial charge in [-0.2, -0.15) is 5.26 Å². The zero-order valence-corrected chi connectivity index (χ0v) is 7.30. The number of rotatable bonds is 2. The molecule has 0 spiro atoms. The minimum absolute atomic E-state index is 0.0517. The van der Waals surface area contributed by atoms with Gasteiger partial charge in [0.1, 0.15) is 0 Å². The Morgan fingerprint density at radius 1 is 1.60 bits per heavy atom. The monoisotopic (exact) mass is 207 g/mol. The second-order valence-corrected chi connectivity index (χ2v) is 2.63. The lowest BCUT2D eigenvalue weighted by molar-refractivity contribution is -0.385. The molecule has 0 aliphatic carbocycles. The second kappa shape index (κ2) is 3.63. The first-order chi connectivity index (χ1) is 6.97. The molecular formula is C8H5N3O4. The number of nitrogens with two attached hydrogens (primary N) is 1. The summed E-state index contributed by atoms with van der Waals surface area (Å²) in [6.07, 6.45) is 0. The van der Waals surface area contributed by atoms with Gasteiger partial charge in [0.05, 0.1) is 22.2 Å². The van der Waals surface area contributed by atoms with Gasteiger partial charge in [-0.1, -0.05) is 0 Å². The Labute approximate surface area is 83.5 Å². The van der Waals surface area contributed by atoms with Crippen LogP contribution in [0.15, 0.2) is 12.1 Å². The molecule has 0 bridgehead atoms. The van der Waals surface area contributed by atoms with E-state index < -0.39 is 22.1 Å². The average molecular weight is 207 g/mol. The molecule has 0 atom stereocenters. The molecule has 0 heterocycles. The van der Waals surface area contributed by atoms with Crippen LogP contribution in [0.25, 0.3) is 0 Å². The average Bonchev–Trinajstić information content (AvgIpc) is 2.15. The number of carboxylic acid groups (broad SMARTS) is 1. The summed E-state index contributed by atoms with van der Waals surface area (Å²) in [5, 5.41) is 27.7. The molecule has 76 valence electrons. The molecular weight excluding hydrogens is 202 g/mol. The molecule has 0 unspecified atom stereocenters. The quantitative estimate of drug-likeness (QED) is 0.418. The highest BCUT2D eigenvalue weighted by atomic mass is 16.6. The van der Waals surface area contributed by atoms with Crippen LogP contribution in [0.2, 0.25) is 0 Å². The van der Waals surface area contributed by atoms with Gasteiger partial charge >= 0.3 is 5.97 Å². The number of aromatic carboxylic acids is 1. The van der Waals surface area contributed by atoms with Crippen molar-refractivity contribution in [2.45, 2.75) is 0 Å². The Bertz CT molecular complexity index is 489. The van der Waals surface area contributed by atoms with Gasteiger partial charge < -0.3 is 10.8 Å². The highest BCUT2D eigenvalue weighted by Gasteiger charge is 2.23. The Hall–Kier alpha value is -2.62. The predicted octanol–water partition coefficient (Wildman–Crippen LogP) is 0.747. The Balaban J connectivity index is 3.58. The summed E-state index contributed by atoms with van der Waals surface area (Å²) >= 11 is 0. The summed E-state index contributed by atoms with van der Waals surface area (Å²) in [5.74, 6) is -1.50. The standard InChI is InChI=1S/C8H5N3O4/c9-3-4-1-5(10)7(8(12)13)6(2-4)11(14)15/h1-2H,10H2,(H,12,13). The smallest absolute Gasteiger partial charge is 0.344 e. The zero-order valence-electron chi connectivity index (χ0n) is 7.30. The van der Waals surface area contributed by atoms with Crippen molar-refractivity contribution in [3.63, 3.8) is 0 Å². The molecule has 0 aliphatic heterocycles. The van der Waals surface area contributed by atoms with Gasteiger partial charge in [0.15, 0.2) is 5.56 Å². The Kier molecular flexibility index (Phi) is 2.53. The van der Waals surface area contributed by atoms with Crippen molar-refractivity contribution in [1.82, 2.24) is 0 Å². The van der Waals surface area contributed by atoms with Crippen LogP contribution >= 0.6 is 0 Å². The van der Waals surface area contributed by atoms with Crippen LogP contribution in [0.5, 0.6) is 0 Å². The van der Waals surface area contributed by atoms with Crippen molar-refractivity contribution in [3.8, 4) is 6.07 Å². The SMILES string of the molecule is N#Cc1cc(N)c(C(=O)O)c([N+](=O)[O-])c1. The van der Waals surface area contributed by atoms with Gasteiger partial charge in [0, 0.05) is 6.07 Å². The summed E-state index contributed by atoms with van der Waals surface area (Å²) in [6, 6.07) is 3.61. The van der Waals surface area contributed by atoms with Gasteiger partial charge in [0.25, 0.3) is 5.69 Å². The molecule has 7 heteroatoms. The molecule has 3 N–H and O–H groups in total. The highest BCUT2D eigenvalue weighted by molar-refractivity contribution is 5.98. The van der Waals surface area contributed by atoms with E-state index in [2.05, 4.69) is 0 Å².